The Morgan fingerprint density at radius 2 is 1.96 bits per heavy atom. The number of rotatable bonds is 4. The number of hydrogen-bond donors (Lipinski definition) is 2. The number of nitrogens with one attached hydrogen (secondary N) is 1. The second-order valence-corrected chi connectivity index (χ2v) is 8.63. The first kappa shape index (κ1) is 19.5. The van der Waals surface area contributed by atoms with Crippen molar-refractivity contribution in [3.8, 4) is 0 Å². The summed E-state index contributed by atoms with van der Waals surface area (Å²) in [4.78, 5) is 19.9. The maximum atomic E-state index is 12.9. The number of nitrogens with two attached hydrogens (primary N) is 1. The highest BCUT2D eigenvalue weighted by Gasteiger charge is 2.21. The SMILES string of the molecule is NC1CCCN(c2ccc3c(C(=O)NCC4CCCCC4)c(Cl)ccc3n2)C1. The van der Waals surface area contributed by atoms with Crippen LogP contribution in [-0.4, -0.2) is 36.6 Å². The molecular formula is C22H29ClN4O. The van der Waals surface area contributed by atoms with Crippen LogP contribution in [0, 0.1) is 5.92 Å². The van der Waals surface area contributed by atoms with Crippen molar-refractivity contribution in [3.05, 3.63) is 34.9 Å². The zero-order chi connectivity index (χ0) is 19.5. The molecule has 0 spiro atoms. The molecule has 0 radical (unpaired) electrons. The van der Waals surface area contributed by atoms with Crippen LogP contribution in [0.25, 0.3) is 10.9 Å². The standard InChI is InChI=1S/C22H29ClN4O/c23-18-9-10-19-17(8-11-20(26-19)27-12-4-7-16(24)14-27)21(18)22(28)25-13-15-5-2-1-3-6-15/h8-11,15-16H,1-7,12-14,24H2,(H,25,28). The molecule has 2 aromatic rings. The van der Waals surface area contributed by atoms with Crippen LogP contribution >= 0.6 is 11.6 Å². The van der Waals surface area contributed by atoms with E-state index in [1.54, 1.807) is 6.07 Å². The van der Waals surface area contributed by atoms with E-state index in [1.165, 1.54) is 32.1 Å². The molecule has 1 saturated heterocycles. The fourth-order valence-corrected chi connectivity index (χ4v) is 4.76. The molecule has 5 nitrogen and oxygen atoms in total. The zero-order valence-corrected chi connectivity index (χ0v) is 17.0. The molecule has 1 aromatic heterocycles. The Kier molecular flexibility index (Phi) is 6.02. The summed E-state index contributed by atoms with van der Waals surface area (Å²) in [6, 6.07) is 7.81. The maximum absolute atomic E-state index is 12.9. The molecule has 6 heteroatoms. The third kappa shape index (κ3) is 4.26. The molecule has 1 aliphatic heterocycles. The lowest BCUT2D eigenvalue weighted by Gasteiger charge is -2.31. The molecule has 1 amide bonds. The lowest BCUT2D eigenvalue weighted by atomic mass is 9.89. The van der Waals surface area contributed by atoms with Gasteiger partial charge in [0.1, 0.15) is 5.82 Å². The van der Waals surface area contributed by atoms with Gasteiger partial charge in [0, 0.05) is 31.1 Å². The molecular weight excluding hydrogens is 372 g/mol. The van der Waals surface area contributed by atoms with Gasteiger partial charge in [0.2, 0.25) is 0 Å². The topological polar surface area (TPSA) is 71.2 Å². The van der Waals surface area contributed by atoms with Crippen molar-refractivity contribution in [2.45, 2.75) is 51.0 Å². The smallest absolute Gasteiger partial charge is 0.253 e. The number of nitrogens with zero attached hydrogens (tertiary/aromatic N) is 2. The van der Waals surface area contributed by atoms with Gasteiger partial charge in [-0.05, 0) is 55.9 Å². The molecule has 2 aliphatic rings. The molecule has 1 aromatic carbocycles. The molecule has 2 fully saturated rings. The van der Waals surface area contributed by atoms with E-state index >= 15 is 0 Å². The monoisotopic (exact) mass is 400 g/mol. The van der Waals surface area contributed by atoms with E-state index in [-0.39, 0.29) is 11.9 Å². The number of carbonyl (C=O) groups is 1. The van der Waals surface area contributed by atoms with Crippen molar-refractivity contribution in [2.75, 3.05) is 24.5 Å². The number of benzene rings is 1. The minimum atomic E-state index is -0.101. The first-order valence-electron chi connectivity index (χ1n) is 10.5. The van der Waals surface area contributed by atoms with E-state index in [1.807, 2.05) is 18.2 Å². The van der Waals surface area contributed by atoms with Gasteiger partial charge in [-0.3, -0.25) is 4.79 Å². The number of hydrogen-bond acceptors (Lipinski definition) is 4. The molecule has 4 rings (SSSR count). The number of halogens is 1. The molecule has 1 atom stereocenters. The molecule has 1 aliphatic carbocycles. The zero-order valence-electron chi connectivity index (χ0n) is 16.3. The van der Waals surface area contributed by atoms with Crippen LogP contribution in [0.1, 0.15) is 55.3 Å². The third-order valence-electron chi connectivity index (χ3n) is 6.09. The van der Waals surface area contributed by atoms with Crippen LogP contribution < -0.4 is 16.0 Å². The van der Waals surface area contributed by atoms with Crippen LogP contribution in [0.3, 0.4) is 0 Å². The van der Waals surface area contributed by atoms with Crippen molar-refractivity contribution in [3.63, 3.8) is 0 Å². The molecule has 0 bridgehead atoms. The van der Waals surface area contributed by atoms with E-state index in [0.29, 0.717) is 16.5 Å². The molecule has 1 unspecified atom stereocenters. The number of piperidine rings is 1. The van der Waals surface area contributed by atoms with E-state index in [0.717, 1.165) is 49.2 Å². The van der Waals surface area contributed by atoms with Crippen molar-refractivity contribution in [2.24, 2.45) is 11.7 Å². The van der Waals surface area contributed by atoms with Gasteiger partial charge in [-0.15, -0.1) is 0 Å². The highest BCUT2D eigenvalue weighted by molar-refractivity contribution is 6.35. The molecule has 150 valence electrons. The number of pyridine rings is 1. The minimum absolute atomic E-state index is 0.101. The first-order valence-corrected chi connectivity index (χ1v) is 10.9. The predicted molar refractivity (Wildman–Crippen MR) is 115 cm³/mol. The van der Waals surface area contributed by atoms with Crippen molar-refractivity contribution >= 4 is 34.2 Å². The van der Waals surface area contributed by atoms with Gasteiger partial charge in [-0.25, -0.2) is 4.98 Å². The highest BCUT2D eigenvalue weighted by atomic mass is 35.5. The normalized spacial score (nSPS) is 21.1. The molecule has 28 heavy (non-hydrogen) atoms. The summed E-state index contributed by atoms with van der Waals surface area (Å²) >= 11 is 6.41. The summed E-state index contributed by atoms with van der Waals surface area (Å²) < 4.78 is 0. The predicted octanol–water partition coefficient (Wildman–Crippen LogP) is 4.13. The molecule has 3 N–H and O–H groups in total. The van der Waals surface area contributed by atoms with Gasteiger partial charge in [-0.1, -0.05) is 30.9 Å². The minimum Gasteiger partial charge on any atom is -0.355 e. The van der Waals surface area contributed by atoms with Gasteiger partial charge >= 0.3 is 0 Å². The summed E-state index contributed by atoms with van der Waals surface area (Å²) in [5.74, 6) is 1.40. The second-order valence-electron chi connectivity index (χ2n) is 8.22. The van der Waals surface area contributed by atoms with Crippen molar-refractivity contribution in [1.29, 1.82) is 0 Å². The summed E-state index contributed by atoms with van der Waals surface area (Å²) in [5, 5.41) is 4.39. The van der Waals surface area contributed by atoms with Gasteiger partial charge < -0.3 is 16.0 Å². The van der Waals surface area contributed by atoms with E-state index in [9.17, 15) is 4.79 Å². The lowest BCUT2D eigenvalue weighted by molar-refractivity contribution is 0.0945. The Hall–Kier alpha value is -1.85. The van der Waals surface area contributed by atoms with E-state index in [2.05, 4.69) is 10.2 Å². The fraction of sp³-hybridized carbons (Fsp3) is 0.545. The number of carbonyl (C=O) groups excluding carboxylic acids is 1. The summed E-state index contributed by atoms with van der Waals surface area (Å²) in [7, 11) is 0. The van der Waals surface area contributed by atoms with Gasteiger partial charge in [0.15, 0.2) is 0 Å². The highest BCUT2D eigenvalue weighted by Crippen LogP contribution is 2.29. The van der Waals surface area contributed by atoms with Gasteiger partial charge in [-0.2, -0.15) is 0 Å². The van der Waals surface area contributed by atoms with Crippen LogP contribution in [0.2, 0.25) is 5.02 Å². The molecule has 2 heterocycles. The molecule has 1 saturated carbocycles. The Balaban J connectivity index is 1.55. The number of amides is 1. The quantitative estimate of drug-likeness (QED) is 0.809. The number of fused-ring (bicyclic) bond motifs is 1. The second kappa shape index (κ2) is 8.66. The Morgan fingerprint density at radius 1 is 1.14 bits per heavy atom. The average Bonchev–Trinajstić information content (AvgIpc) is 2.72. The number of aromatic nitrogens is 1. The van der Waals surface area contributed by atoms with Crippen LogP contribution in [0.15, 0.2) is 24.3 Å². The average molecular weight is 401 g/mol. The maximum Gasteiger partial charge on any atom is 0.253 e. The first-order chi connectivity index (χ1) is 13.6. The van der Waals surface area contributed by atoms with Crippen LogP contribution in [0.5, 0.6) is 0 Å². The van der Waals surface area contributed by atoms with Crippen LogP contribution in [-0.2, 0) is 0 Å². The van der Waals surface area contributed by atoms with Gasteiger partial charge in [0.05, 0.1) is 16.1 Å². The third-order valence-corrected chi connectivity index (χ3v) is 6.41. The van der Waals surface area contributed by atoms with Crippen LogP contribution in [0.4, 0.5) is 5.82 Å². The van der Waals surface area contributed by atoms with Crippen molar-refractivity contribution < 1.29 is 4.79 Å². The summed E-state index contributed by atoms with van der Waals surface area (Å²) in [6.45, 7) is 2.51. The van der Waals surface area contributed by atoms with E-state index in [4.69, 9.17) is 22.3 Å². The summed E-state index contributed by atoms with van der Waals surface area (Å²) in [5.41, 5.74) is 7.44. The Morgan fingerprint density at radius 3 is 2.75 bits per heavy atom. The fourth-order valence-electron chi connectivity index (χ4n) is 4.51. The summed E-state index contributed by atoms with van der Waals surface area (Å²) in [6.07, 6.45) is 8.39. The largest absolute Gasteiger partial charge is 0.355 e. The van der Waals surface area contributed by atoms with Gasteiger partial charge in [0.25, 0.3) is 5.91 Å². The number of anilines is 1. The van der Waals surface area contributed by atoms with E-state index < -0.39 is 0 Å². The Bertz CT molecular complexity index is 850. The van der Waals surface area contributed by atoms with Crippen molar-refractivity contribution in [1.82, 2.24) is 10.3 Å². The lowest BCUT2D eigenvalue weighted by Crippen LogP contribution is -2.43. The Labute approximate surface area is 171 Å².